The number of phenols is 1. The van der Waals surface area contributed by atoms with Crippen molar-refractivity contribution in [3.05, 3.63) is 54.2 Å². The lowest BCUT2D eigenvalue weighted by atomic mass is 10.1. The van der Waals surface area contributed by atoms with Crippen LogP contribution in [0.15, 0.2) is 48.5 Å². The Morgan fingerprint density at radius 3 is 2.55 bits per heavy atom. The number of aromatic hydroxyl groups is 1. The molecule has 0 atom stereocenters. The van der Waals surface area contributed by atoms with Crippen LogP contribution < -0.4 is 11.1 Å². The molecule has 0 saturated heterocycles. The topological polar surface area (TPSA) is 71.2 Å². The normalized spacial score (nSPS) is 10.7. The van der Waals surface area contributed by atoms with Gasteiger partial charge >= 0.3 is 0 Å². The quantitative estimate of drug-likeness (QED) is 0.489. The van der Waals surface area contributed by atoms with Gasteiger partial charge in [-0.15, -0.1) is 0 Å². The Hall–Kier alpha value is -2.75. The highest BCUT2D eigenvalue weighted by molar-refractivity contribution is 6.00. The number of aromatic nitrogens is 1. The number of nitrogens with two attached hydrogens (primary N) is 1. The molecule has 0 aliphatic carbocycles. The van der Waals surface area contributed by atoms with E-state index in [1.807, 2.05) is 31.2 Å². The Morgan fingerprint density at radius 1 is 1.05 bits per heavy atom. The van der Waals surface area contributed by atoms with Gasteiger partial charge in [0.1, 0.15) is 11.6 Å². The van der Waals surface area contributed by atoms with Crippen LogP contribution in [0, 0.1) is 6.92 Å². The van der Waals surface area contributed by atoms with E-state index in [9.17, 15) is 5.11 Å². The van der Waals surface area contributed by atoms with Crippen molar-refractivity contribution in [2.45, 2.75) is 6.92 Å². The lowest BCUT2D eigenvalue weighted by Crippen LogP contribution is -1.98. The molecule has 0 radical (unpaired) electrons. The summed E-state index contributed by atoms with van der Waals surface area (Å²) in [5.74, 6) is 1.000. The van der Waals surface area contributed by atoms with Crippen molar-refractivity contribution in [2.24, 2.45) is 0 Å². The first-order valence-corrected chi connectivity index (χ1v) is 6.35. The van der Waals surface area contributed by atoms with Crippen LogP contribution >= 0.6 is 0 Å². The molecule has 0 saturated carbocycles. The minimum atomic E-state index is 0.238. The zero-order valence-electron chi connectivity index (χ0n) is 11.1. The lowest BCUT2D eigenvalue weighted by molar-refractivity contribution is 0.475. The van der Waals surface area contributed by atoms with Crippen LogP contribution in [0.4, 0.5) is 17.2 Å². The maximum atomic E-state index is 9.32. The molecule has 4 N–H and O–H groups in total. The monoisotopic (exact) mass is 265 g/mol. The predicted octanol–water partition coefficient (Wildman–Crippen LogP) is 3.57. The molecule has 1 heterocycles. The fourth-order valence-electron chi connectivity index (χ4n) is 2.21. The summed E-state index contributed by atoms with van der Waals surface area (Å²) in [4.78, 5) is 4.53. The Balaban J connectivity index is 2.11. The number of benzene rings is 2. The van der Waals surface area contributed by atoms with Gasteiger partial charge in [0.15, 0.2) is 0 Å². The average molecular weight is 265 g/mol. The molecule has 0 unspecified atom stereocenters. The van der Waals surface area contributed by atoms with Crippen LogP contribution in [0.3, 0.4) is 0 Å². The van der Waals surface area contributed by atoms with E-state index in [1.54, 1.807) is 24.3 Å². The number of anilines is 3. The molecule has 1 aromatic heterocycles. The van der Waals surface area contributed by atoms with Crippen molar-refractivity contribution in [3.8, 4) is 5.75 Å². The average Bonchev–Trinajstić information content (AvgIpc) is 2.42. The molecule has 100 valence electrons. The first-order valence-electron chi connectivity index (χ1n) is 6.35. The summed E-state index contributed by atoms with van der Waals surface area (Å²) in [6, 6.07) is 14.6. The maximum Gasteiger partial charge on any atom is 0.138 e. The minimum absolute atomic E-state index is 0.238. The summed E-state index contributed by atoms with van der Waals surface area (Å²) in [6.07, 6.45) is 0. The largest absolute Gasteiger partial charge is 0.508 e. The molecule has 0 spiro atoms. The molecular formula is C16H15N3O. The van der Waals surface area contributed by atoms with Crippen molar-refractivity contribution >= 4 is 28.0 Å². The molecule has 4 nitrogen and oxygen atoms in total. The predicted molar refractivity (Wildman–Crippen MR) is 82.3 cm³/mol. The molecule has 0 aliphatic rings. The zero-order valence-corrected chi connectivity index (χ0v) is 11.1. The molecule has 4 heteroatoms. The number of rotatable bonds is 2. The number of aryl methyl sites for hydroxylation is 1. The standard InChI is InChI=1S/C16H15N3O/c1-10-9-14-13(3-2-4-15(14)17)16(18-10)19-11-5-7-12(20)8-6-11/h2-9,20H,17H2,1H3,(H,18,19). The molecular weight excluding hydrogens is 250 g/mol. The SMILES string of the molecule is Cc1cc2c(N)cccc2c(Nc2ccc(O)cc2)n1. The van der Waals surface area contributed by atoms with Crippen molar-refractivity contribution < 1.29 is 5.11 Å². The fraction of sp³-hybridized carbons (Fsp3) is 0.0625. The zero-order chi connectivity index (χ0) is 14.1. The van der Waals surface area contributed by atoms with Crippen molar-refractivity contribution in [3.63, 3.8) is 0 Å². The van der Waals surface area contributed by atoms with Crippen molar-refractivity contribution in [1.29, 1.82) is 0 Å². The van der Waals surface area contributed by atoms with Gasteiger partial charge in [-0.25, -0.2) is 4.98 Å². The molecule has 0 bridgehead atoms. The number of phenolic OH excluding ortho intramolecular Hbond substituents is 1. The van der Waals surface area contributed by atoms with Gasteiger partial charge < -0.3 is 16.2 Å². The number of pyridine rings is 1. The minimum Gasteiger partial charge on any atom is -0.508 e. The fourth-order valence-corrected chi connectivity index (χ4v) is 2.21. The van der Waals surface area contributed by atoms with E-state index in [2.05, 4.69) is 10.3 Å². The summed E-state index contributed by atoms with van der Waals surface area (Å²) in [6.45, 7) is 1.94. The number of nitrogen functional groups attached to an aromatic ring is 1. The van der Waals surface area contributed by atoms with Crippen LogP contribution in [0.1, 0.15) is 5.69 Å². The summed E-state index contributed by atoms with van der Waals surface area (Å²) >= 11 is 0. The Kier molecular flexibility index (Phi) is 2.91. The summed E-state index contributed by atoms with van der Waals surface area (Å²) in [5, 5.41) is 14.5. The third-order valence-corrected chi connectivity index (χ3v) is 3.17. The van der Waals surface area contributed by atoms with Gasteiger partial charge in [-0.2, -0.15) is 0 Å². The van der Waals surface area contributed by atoms with Gasteiger partial charge in [0.25, 0.3) is 0 Å². The van der Waals surface area contributed by atoms with Crippen LogP contribution in [0.5, 0.6) is 5.75 Å². The number of hydrogen-bond donors (Lipinski definition) is 3. The molecule has 3 rings (SSSR count). The first-order chi connectivity index (χ1) is 9.63. The second kappa shape index (κ2) is 4.74. The van der Waals surface area contributed by atoms with Gasteiger partial charge in [0.05, 0.1) is 0 Å². The Morgan fingerprint density at radius 2 is 1.80 bits per heavy atom. The van der Waals surface area contributed by atoms with Crippen LogP contribution in [0.2, 0.25) is 0 Å². The van der Waals surface area contributed by atoms with Crippen LogP contribution in [-0.4, -0.2) is 10.1 Å². The second-order valence-corrected chi connectivity index (χ2v) is 4.73. The van der Waals surface area contributed by atoms with Gasteiger partial charge in [0.2, 0.25) is 0 Å². The number of nitrogens with one attached hydrogen (secondary N) is 1. The maximum absolute atomic E-state index is 9.32. The third kappa shape index (κ3) is 2.23. The Labute approximate surface area is 116 Å². The number of nitrogens with zero attached hydrogens (tertiary/aromatic N) is 1. The van der Waals surface area contributed by atoms with Gasteiger partial charge in [-0.1, -0.05) is 12.1 Å². The molecule has 3 aromatic rings. The van der Waals surface area contributed by atoms with Crippen molar-refractivity contribution in [2.75, 3.05) is 11.1 Å². The summed E-state index contributed by atoms with van der Waals surface area (Å²) in [7, 11) is 0. The van der Waals surface area contributed by atoms with Gasteiger partial charge in [-0.3, -0.25) is 0 Å². The van der Waals surface area contributed by atoms with E-state index in [-0.39, 0.29) is 5.75 Å². The van der Waals surface area contributed by atoms with Gasteiger partial charge in [0, 0.05) is 27.8 Å². The lowest BCUT2D eigenvalue weighted by Gasteiger charge is -2.11. The molecule has 0 fully saturated rings. The number of fused-ring (bicyclic) bond motifs is 1. The van der Waals surface area contributed by atoms with Gasteiger partial charge in [-0.05, 0) is 43.3 Å². The van der Waals surface area contributed by atoms with E-state index in [0.29, 0.717) is 0 Å². The highest BCUT2D eigenvalue weighted by Gasteiger charge is 2.06. The highest BCUT2D eigenvalue weighted by Crippen LogP contribution is 2.29. The molecule has 20 heavy (non-hydrogen) atoms. The van der Waals surface area contributed by atoms with E-state index in [4.69, 9.17) is 5.73 Å². The molecule has 0 amide bonds. The smallest absolute Gasteiger partial charge is 0.138 e. The van der Waals surface area contributed by atoms with Crippen LogP contribution in [-0.2, 0) is 0 Å². The number of hydrogen-bond acceptors (Lipinski definition) is 4. The molecule has 2 aromatic carbocycles. The van der Waals surface area contributed by atoms with E-state index in [0.717, 1.165) is 33.7 Å². The highest BCUT2D eigenvalue weighted by atomic mass is 16.3. The third-order valence-electron chi connectivity index (χ3n) is 3.17. The van der Waals surface area contributed by atoms with E-state index < -0.39 is 0 Å². The summed E-state index contributed by atoms with van der Waals surface area (Å²) in [5.41, 5.74) is 8.52. The van der Waals surface area contributed by atoms with Crippen molar-refractivity contribution in [1.82, 2.24) is 4.98 Å². The first kappa shape index (κ1) is 12.3. The second-order valence-electron chi connectivity index (χ2n) is 4.73. The van der Waals surface area contributed by atoms with E-state index in [1.165, 1.54) is 0 Å². The van der Waals surface area contributed by atoms with Crippen LogP contribution in [0.25, 0.3) is 10.8 Å². The van der Waals surface area contributed by atoms with E-state index >= 15 is 0 Å². The Bertz CT molecular complexity index is 767. The molecule has 0 aliphatic heterocycles. The summed E-state index contributed by atoms with van der Waals surface area (Å²) < 4.78 is 0.